The Bertz CT molecular complexity index is 362. The third kappa shape index (κ3) is 3.37. The highest BCUT2D eigenvalue weighted by molar-refractivity contribution is 5.33. The summed E-state index contributed by atoms with van der Waals surface area (Å²) in [7, 11) is 0. The SMILES string of the molecule is [CH2]C(CO)c1ccc(F)c(OC(F)(F)F)c1. The molecule has 16 heavy (non-hydrogen) atoms. The third-order valence-electron chi connectivity index (χ3n) is 1.87. The number of aliphatic hydroxyl groups is 1. The molecule has 0 spiro atoms. The predicted octanol–water partition coefficient (Wildman–Crippen LogP) is 2.63. The van der Waals surface area contributed by atoms with Crippen LogP contribution in [0, 0.1) is 12.7 Å². The van der Waals surface area contributed by atoms with Gasteiger partial charge >= 0.3 is 6.36 Å². The van der Waals surface area contributed by atoms with Crippen molar-refractivity contribution in [2.75, 3.05) is 6.61 Å². The number of halogens is 4. The Morgan fingerprint density at radius 2 is 2.00 bits per heavy atom. The van der Waals surface area contributed by atoms with E-state index in [1.165, 1.54) is 6.07 Å². The lowest BCUT2D eigenvalue weighted by Crippen LogP contribution is -2.18. The molecule has 1 N–H and O–H groups in total. The summed E-state index contributed by atoms with van der Waals surface area (Å²) in [4.78, 5) is 0. The van der Waals surface area contributed by atoms with Crippen LogP contribution >= 0.6 is 0 Å². The lowest BCUT2D eigenvalue weighted by atomic mass is 10.0. The molecule has 6 heteroatoms. The minimum atomic E-state index is -4.95. The summed E-state index contributed by atoms with van der Waals surface area (Å²) in [6, 6.07) is 2.95. The van der Waals surface area contributed by atoms with Crippen LogP contribution in [-0.4, -0.2) is 18.1 Å². The van der Waals surface area contributed by atoms with Crippen LogP contribution < -0.4 is 4.74 Å². The standard InChI is InChI=1S/C10H9F4O2/c1-6(5-15)7-2-3-8(11)9(4-7)16-10(12,13)14/h2-4,6,15H,1,5H2. The van der Waals surface area contributed by atoms with Crippen LogP contribution in [-0.2, 0) is 0 Å². The maximum Gasteiger partial charge on any atom is 0.573 e. The van der Waals surface area contributed by atoms with Crippen molar-refractivity contribution in [3.8, 4) is 5.75 Å². The van der Waals surface area contributed by atoms with Crippen molar-refractivity contribution < 1.29 is 27.4 Å². The van der Waals surface area contributed by atoms with E-state index in [4.69, 9.17) is 5.11 Å². The van der Waals surface area contributed by atoms with Gasteiger partial charge in [-0.25, -0.2) is 4.39 Å². The molecule has 1 rings (SSSR count). The van der Waals surface area contributed by atoms with Crippen molar-refractivity contribution in [3.05, 3.63) is 36.5 Å². The molecule has 1 atom stereocenters. The lowest BCUT2D eigenvalue weighted by molar-refractivity contribution is -0.275. The topological polar surface area (TPSA) is 29.5 Å². The highest BCUT2D eigenvalue weighted by atomic mass is 19.4. The van der Waals surface area contributed by atoms with Crippen LogP contribution in [0.5, 0.6) is 5.75 Å². The number of hydrogen-bond acceptors (Lipinski definition) is 2. The monoisotopic (exact) mass is 237 g/mol. The average Bonchev–Trinajstić information content (AvgIpc) is 2.18. The molecule has 1 unspecified atom stereocenters. The Hall–Kier alpha value is -1.30. The van der Waals surface area contributed by atoms with Crippen molar-refractivity contribution in [3.63, 3.8) is 0 Å². The molecular weight excluding hydrogens is 228 g/mol. The summed E-state index contributed by atoms with van der Waals surface area (Å²) in [5, 5.41) is 8.76. The van der Waals surface area contributed by atoms with Crippen molar-refractivity contribution in [2.45, 2.75) is 12.3 Å². The number of benzene rings is 1. The quantitative estimate of drug-likeness (QED) is 0.819. The van der Waals surface area contributed by atoms with Crippen LogP contribution in [0.25, 0.3) is 0 Å². The fourth-order valence-electron chi connectivity index (χ4n) is 1.08. The molecule has 1 aromatic rings. The maximum atomic E-state index is 13.0. The zero-order valence-electron chi connectivity index (χ0n) is 8.09. The molecule has 0 fully saturated rings. The fourth-order valence-corrected chi connectivity index (χ4v) is 1.08. The van der Waals surface area contributed by atoms with Crippen LogP contribution in [0.15, 0.2) is 18.2 Å². The van der Waals surface area contributed by atoms with E-state index < -0.39 is 23.8 Å². The first-order chi connectivity index (χ1) is 7.33. The summed E-state index contributed by atoms with van der Waals surface area (Å²) >= 11 is 0. The number of ether oxygens (including phenoxy) is 1. The van der Waals surface area contributed by atoms with E-state index in [2.05, 4.69) is 11.7 Å². The minimum Gasteiger partial charge on any atom is -0.403 e. The Morgan fingerprint density at radius 1 is 1.38 bits per heavy atom. The number of alkyl halides is 3. The van der Waals surface area contributed by atoms with E-state index in [9.17, 15) is 17.6 Å². The van der Waals surface area contributed by atoms with Crippen molar-refractivity contribution in [1.29, 1.82) is 0 Å². The van der Waals surface area contributed by atoms with Gasteiger partial charge in [-0.3, -0.25) is 0 Å². The molecule has 2 nitrogen and oxygen atoms in total. The van der Waals surface area contributed by atoms with Crippen molar-refractivity contribution >= 4 is 0 Å². The van der Waals surface area contributed by atoms with E-state index in [1.807, 2.05) is 0 Å². The van der Waals surface area contributed by atoms with Gasteiger partial charge in [0.15, 0.2) is 11.6 Å². The highest BCUT2D eigenvalue weighted by Crippen LogP contribution is 2.28. The minimum absolute atomic E-state index is 0.267. The number of hydrogen-bond donors (Lipinski definition) is 1. The smallest absolute Gasteiger partial charge is 0.403 e. The summed E-state index contributed by atoms with van der Waals surface area (Å²) in [5.74, 6) is -2.67. The summed E-state index contributed by atoms with van der Waals surface area (Å²) in [6.45, 7) is 3.13. The van der Waals surface area contributed by atoms with Crippen molar-refractivity contribution in [1.82, 2.24) is 0 Å². The first-order valence-electron chi connectivity index (χ1n) is 4.32. The van der Waals surface area contributed by atoms with Gasteiger partial charge in [-0.1, -0.05) is 6.07 Å². The summed E-state index contributed by atoms with van der Waals surface area (Å²) in [5.41, 5.74) is 0.267. The van der Waals surface area contributed by atoms with E-state index in [0.717, 1.165) is 12.1 Å². The molecule has 0 aliphatic heterocycles. The molecule has 0 saturated heterocycles. The Morgan fingerprint density at radius 3 is 2.50 bits per heavy atom. The normalized spacial score (nSPS) is 13.6. The second kappa shape index (κ2) is 4.69. The van der Waals surface area contributed by atoms with Gasteiger partial charge in [0.1, 0.15) is 0 Å². The van der Waals surface area contributed by atoms with E-state index in [1.54, 1.807) is 0 Å². The molecular formula is C10H9F4O2. The molecule has 0 aliphatic rings. The number of rotatable bonds is 3. The summed E-state index contributed by atoms with van der Waals surface area (Å²) < 4.78 is 52.1. The fraction of sp³-hybridized carbons (Fsp3) is 0.300. The molecule has 0 aliphatic carbocycles. The predicted molar refractivity (Wildman–Crippen MR) is 48.3 cm³/mol. The highest BCUT2D eigenvalue weighted by Gasteiger charge is 2.32. The zero-order valence-corrected chi connectivity index (χ0v) is 8.09. The molecule has 89 valence electrons. The Balaban J connectivity index is 2.99. The van der Waals surface area contributed by atoms with Crippen LogP contribution in [0.3, 0.4) is 0 Å². The average molecular weight is 237 g/mol. The first-order valence-corrected chi connectivity index (χ1v) is 4.32. The van der Waals surface area contributed by atoms with E-state index in [0.29, 0.717) is 0 Å². The van der Waals surface area contributed by atoms with Crippen LogP contribution in [0.4, 0.5) is 17.6 Å². The van der Waals surface area contributed by atoms with Gasteiger partial charge < -0.3 is 9.84 Å². The summed E-state index contributed by atoms with van der Waals surface area (Å²) in [6.07, 6.45) is -4.95. The Labute approximate surface area is 89.5 Å². The molecule has 0 saturated carbocycles. The molecule has 0 bridgehead atoms. The zero-order chi connectivity index (χ0) is 12.3. The van der Waals surface area contributed by atoms with Gasteiger partial charge in [-0.05, 0) is 24.6 Å². The molecule has 1 aromatic carbocycles. The van der Waals surface area contributed by atoms with Gasteiger partial charge in [0, 0.05) is 12.5 Å². The Kier molecular flexibility index (Phi) is 3.74. The lowest BCUT2D eigenvalue weighted by Gasteiger charge is -2.13. The van der Waals surface area contributed by atoms with Gasteiger partial charge in [0.05, 0.1) is 0 Å². The van der Waals surface area contributed by atoms with Crippen molar-refractivity contribution in [2.24, 2.45) is 0 Å². The molecule has 0 aromatic heterocycles. The van der Waals surface area contributed by atoms with Crippen LogP contribution in [0.1, 0.15) is 11.5 Å². The number of aliphatic hydroxyl groups excluding tert-OH is 1. The van der Waals surface area contributed by atoms with Gasteiger partial charge in [-0.15, -0.1) is 13.2 Å². The first kappa shape index (κ1) is 12.8. The second-order valence-electron chi connectivity index (χ2n) is 3.12. The van der Waals surface area contributed by atoms with E-state index >= 15 is 0 Å². The third-order valence-corrected chi connectivity index (χ3v) is 1.87. The largest absolute Gasteiger partial charge is 0.573 e. The van der Waals surface area contributed by atoms with E-state index in [-0.39, 0.29) is 12.2 Å². The molecule has 1 radical (unpaired) electrons. The van der Waals surface area contributed by atoms with Gasteiger partial charge in [-0.2, -0.15) is 0 Å². The molecule has 0 heterocycles. The molecule has 0 amide bonds. The van der Waals surface area contributed by atoms with Crippen LogP contribution in [0.2, 0.25) is 0 Å². The second-order valence-corrected chi connectivity index (χ2v) is 3.12. The van der Waals surface area contributed by atoms with Gasteiger partial charge in [0.2, 0.25) is 0 Å². The maximum absolute atomic E-state index is 13.0. The van der Waals surface area contributed by atoms with Gasteiger partial charge in [0.25, 0.3) is 0 Å².